The van der Waals surface area contributed by atoms with E-state index in [1.165, 1.54) is 0 Å². The Labute approximate surface area is 82.4 Å². The van der Waals surface area contributed by atoms with Crippen molar-refractivity contribution in [3.05, 3.63) is 0 Å². The first-order chi connectivity index (χ1) is 6.14. The molecule has 0 spiro atoms. The predicted molar refractivity (Wildman–Crippen MR) is 56.3 cm³/mol. The molecule has 80 valence electrons. The lowest BCUT2D eigenvalue weighted by atomic mass is 10.3. The summed E-state index contributed by atoms with van der Waals surface area (Å²) in [5, 5.41) is 0. The minimum atomic E-state index is -2.33. The van der Waals surface area contributed by atoms with E-state index in [-0.39, 0.29) is 6.10 Å². The van der Waals surface area contributed by atoms with Gasteiger partial charge >= 0.3 is 8.88 Å². The van der Waals surface area contributed by atoms with Crippen LogP contribution < -0.4 is 9.96 Å². The zero-order chi connectivity index (χ0) is 10.3. The van der Waals surface area contributed by atoms with Gasteiger partial charge in [0.25, 0.3) is 0 Å². The Hall–Kier alpha value is 0.0569. The molecule has 0 aromatic carbocycles. The minimum Gasteiger partial charge on any atom is -0.371 e. The van der Waals surface area contributed by atoms with E-state index in [9.17, 15) is 0 Å². The second kappa shape index (κ2) is 6.50. The largest absolute Gasteiger partial charge is 0.516 e. The molecule has 0 rings (SSSR count). The van der Waals surface area contributed by atoms with E-state index >= 15 is 0 Å². The SMILES string of the molecule is CCO[Si](NC)(NC)OC(C)CC. The third-order valence-electron chi connectivity index (χ3n) is 1.95. The molecule has 0 bridgehead atoms. The molecule has 2 N–H and O–H groups in total. The molecule has 0 aromatic rings. The van der Waals surface area contributed by atoms with Crippen LogP contribution in [-0.4, -0.2) is 35.7 Å². The second-order valence-corrected chi connectivity index (χ2v) is 5.64. The molecular weight excluding hydrogens is 184 g/mol. The third-order valence-corrected chi connectivity index (χ3v) is 4.69. The molecule has 0 aliphatic carbocycles. The Bertz CT molecular complexity index is 131. The van der Waals surface area contributed by atoms with Crippen molar-refractivity contribution in [1.82, 2.24) is 9.96 Å². The Morgan fingerprint density at radius 3 is 2.08 bits per heavy atom. The normalized spacial score (nSPS) is 14.5. The number of hydrogen-bond donors (Lipinski definition) is 2. The quantitative estimate of drug-likeness (QED) is 0.602. The molecule has 0 amide bonds. The zero-order valence-corrected chi connectivity index (χ0v) is 10.3. The summed E-state index contributed by atoms with van der Waals surface area (Å²) in [5.74, 6) is 0. The van der Waals surface area contributed by atoms with Gasteiger partial charge in [0.1, 0.15) is 0 Å². The van der Waals surface area contributed by atoms with Crippen LogP contribution in [0.2, 0.25) is 0 Å². The lowest BCUT2D eigenvalue weighted by molar-refractivity contribution is 0.109. The van der Waals surface area contributed by atoms with Crippen molar-refractivity contribution in [3.8, 4) is 0 Å². The predicted octanol–water partition coefficient (Wildman–Crippen LogP) is 0.712. The number of rotatable bonds is 7. The van der Waals surface area contributed by atoms with E-state index < -0.39 is 8.88 Å². The monoisotopic (exact) mass is 206 g/mol. The topological polar surface area (TPSA) is 42.5 Å². The maximum atomic E-state index is 5.82. The summed E-state index contributed by atoms with van der Waals surface area (Å²) in [6.45, 7) is 6.78. The van der Waals surface area contributed by atoms with Gasteiger partial charge in [-0.05, 0) is 34.4 Å². The summed E-state index contributed by atoms with van der Waals surface area (Å²) >= 11 is 0. The van der Waals surface area contributed by atoms with Crippen LogP contribution in [0.15, 0.2) is 0 Å². The van der Waals surface area contributed by atoms with Crippen molar-refractivity contribution in [1.29, 1.82) is 0 Å². The maximum Gasteiger partial charge on any atom is 0.516 e. The molecule has 1 atom stereocenters. The first-order valence-electron chi connectivity index (χ1n) is 4.83. The van der Waals surface area contributed by atoms with E-state index in [1.54, 1.807) is 0 Å². The summed E-state index contributed by atoms with van der Waals surface area (Å²) in [7, 11) is 1.40. The lowest BCUT2D eigenvalue weighted by Crippen LogP contribution is -2.65. The average Bonchev–Trinajstić information content (AvgIpc) is 2.17. The van der Waals surface area contributed by atoms with Crippen LogP contribution in [0.25, 0.3) is 0 Å². The van der Waals surface area contributed by atoms with Crippen molar-refractivity contribution in [2.75, 3.05) is 20.7 Å². The lowest BCUT2D eigenvalue weighted by Gasteiger charge is -2.30. The summed E-state index contributed by atoms with van der Waals surface area (Å²) in [6.07, 6.45) is 1.21. The molecule has 0 aromatic heterocycles. The number of hydrogen-bond acceptors (Lipinski definition) is 4. The maximum absolute atomic E-state index is 5.82. The van der Waals surface area contributed by atoms with Crippen molar-refractivity contribution in [2.45, 2.75) is 33.3 Å². The Morgan fingerprint density at radius 2 is 1.77 bits per heavy atom. The molecule has 5 heteroatoms. The molecule has 0 heterocycles. The van der Waals surface area contributed by atoms with Crippen LogP contribution in [0.4, 0.5) is 0 Å². The zero-order valence-electron chi connectivity index (χ0n) is 9.31. The van der Waals surface area contributed by atoms with Gasteiger partial charge in [-0.15, -0.1) is 0 Å². The molecule has 0 aliphatic heterocycles. The van der Waals surface area contributed by atoms with E-state index in [0.29, 0.717) is 6.61 Å². The minimum absolute atomic E-state index is 0.220. The molecule has 0 fully saturated rings. The van der Waals surface area contributed by atoms with Crippen LogP contribution in [-0.2, 0) is 8.85 Å². The first kappa shape index (κ1) is 13.1. The summed E-state index contributed by atoms with van der Waals surface area (Å²) in [6, 6.07) is 0. The summed E-state index contributed by atoms with van der Waals surface area (Å²) in [5.41, 5.74) is 0. The highest BCUT2D eigenvalue weighted by Crippen LogP contribution is 2.05. The van der Waals surface area contributed by atoms with Crippen LogP contribution in [0.5, 0.6) is 0 Å². The van der Waals surface area contributed by atoms with Gasteiger partial charge in [-0.25, -0.2) is 0 Å². The fourth-order valence-corrected chi connectivity index (χ4v) is 2.97. The molecule has 1 unspecified atom stereocenters. The van der Waals surface area contributed by atoms with Crippen molar-refractivity contribution in [3.63, 3.8) is 0 Å². The Balaban J connectivity index is 4.19. The van der Waals surface area contributed by atoms with Gasteiger partial charge in [0.2, 0.25) is 0 Å². The van der Waals surface area contributed by atoms with Crippen LogP contribution in [0.1, 0.15) is 27.2 Å². The van der Waals surface area contributed by atoms with Crippen molar-refractivity contribution in [2.24, 2.45) is 0 Å². The van der Waals surface area contributed by atoms with Gasteiger partial charge in [-0.2, -0.15) is 0 Å². The smallest absolute Gasteiger partial charge is 0.371 e. The fourth-order valence-electron chi connectivity index (χ4n) is 0.991. The Kier molecular flexibility index (Phi) is 6.53. The van der Waals surface area contributed by atoms with Gasteiger partial charge in [0, 0.05) is 12.7 Å². The van der Waals surface area contributed by atoms with E-state index in [4.69, 9.17) is 8.85 Å². The van der Waals surface area contributed by atoms with Crippen molar-refractivity contribution < 1.29 is 8.85 Å². The number of nitrogens with one attached hydrogen (secondary N) is 2. The molecule has 0 aliphatic rings. The van der Waals surface area contributed by atoms with Crippen LogP contribution >= 0.6 is 0 Å². The van der Waals surface area contributed by atoms with Gasteiger partial charge in [-0.1, -0.05) is 6.92 Å². The summed E-state index contributed by atoms with van der Waals surface area (Å²) in [4.78, 5) is 6.23. The fraction of sp³-hybridized carbons (Fsp3) is 1.00. The standard InChI is InChI=1S/C8H22N2O2Si/c1-6-8(3)12-13(9-4,10-5)11-7-2/h8-10H,6-7H2,1-5H3. The molecule has 4 nitrogen and oxygen atoms in total. The van der Waals surface area contributed by atoms with E-state index in [1.807, 2.05) is 21.0 Å². The Morgan fingerprint density at radius 1 is 1.23 bits per heavy atom. The highest BCUT2D eigenvalue weighted by Gasteiger charge is 2.37. The first-order valence-corrected chi connectivity index (χ1v) is 6.65. The van der Waals surface area contributed by atoms with Gasteiger partial charge in [0.05, 0.1) is 0 Å². The van der Waals surface area contributed by atoms with E-state index in [0.717, 1.165) is 6.42 Å². The molecule has 13 heavy (non-hydrogen) atoms. The highest BCUT2D eigenvalue weighted by atomic mass is 28.4. The van der Waals surface area contributed by atoms with Gasteiger partial charge in [-0.3, -0.25) is 9.96 Å². The summed E-state index contributed by atoms with van der Waals surface area (Å²) < 4.78 is 11.4. The molecule has 0 saturated heterocycles. The van der Waals surface area contributed by atoms with Gasteiger partial charge < -0.3 is 8.85 Å². The average molecular weight is 206 g/mol. The van der Waals surface area contributed by atoms with Gasteiger partial charge in [0.15, 0.2) is 0 Å². The molecule has 0 radical (unpaired) electrons. The van der Waals surface area contributed by atoms with Crippen LogP contribution in [0.3, 0.4) is 0 Å². The molecule has 0 saturated carbocycles. The second-order valence-electron chi connectivity index (χ2n) is 2.89. The highest BCUT2D eigenvalue weighted by molar-refractivity contribution is 6.62. The van der Waals surface area contributed by atoms with E-state index in [2.05, 4.69) is 23.8 Å². The van der Waals surface area contributed by atoms with Crippen molar-refractivity contribution >= 4 is 8.88 Å². The van der Waals surface area contributed by atoms with Crippen LogP contribution in [0, 0.1) is 0 Å². The third kappa shape index (κ3) is 4.19. The molecular formula is C8H22N2O2Si.